The van der Waals surface area contributed by atoms with Crippen LogP contribution in [0.15, 0.2) is 36.4 Å². The number of nitrogens with two attached hydrogens (primary N) is 1. The van der Waals surface area contributed by atoms with Gasteiger partial charge in [-0.3, -0.25) is 9.59 Å². The maximum atomic E-state index is 12.5. The number of methoxy groups -OCH3 is 1. The van der Waals surface area contributed by atoms with Crippen molar-refractivity contribution in [2.75, 3.05) is 23.5 Å². The maximum Gasteiger partial charge on any atom is 0.259 e. The monoisotopic (exact) mass is 375 g/mol. The summed E-state index contributed by atoms with van der Waals surface area (Å²) in [6, 6.07) is 9.82. The van der Waals surface area contributed by atoms with Crippen LogP contribution in [-0.2, 0) is 4.79 Å². The van der Waals surface area contributed by atoms with Gasteiger partial charge in [0, 0.05) is 23.9 Å². The molecule has 4 N–H and O–H groups in total. The van der Waals surface area contributed by atoms with Crippen LogP contribution in [0.3, 0.4) is 0 Å². The first kappa shape index (κ1) is 19.6. The number of ether oxygens (including phenoxy) is 1. The molecule has 0 bridgehead atoms. The molecule has 2 aromatic carbocycles. The summed E-state index contributed by atoms with van der Waals surface area (Å²) in [5.74, 6) is 0.204. The third-order valence-corrected chi connectivity index (χ3v) is 3.91. The minimum Gasteiger partial charge on any atom is -0.496 e. The molecule has 0 unspecified atom stereocenters. The molecule has 7 heteroatoms. The molecule has 0 heterocycles. The summed E-state index contributed by atoms with van der Waals surface area (Å²) in [6.45, 7) is 3.96. The van der Waals surface area contributed by atoms with Gasteiger partial charge in [0.25, 0.3) is 5.91 Å². The molecule has 0 aliphatic heterocycles. The van der Waals surface area contributed by atoms with Crippen LogP contribution in [0, 0.1) is 5.92 Å². The van der Waals surface area contributed by atoms with Crippen LogP contribution in [0.25, 0.3) is 0 Å². The predicted molar refractivity (Wildman–Crippen MR) is 105 cm³/mol. The number of benzene rings is 2. The van der Waals surface area contributed by atoms with Crippen molar-refractivity contribution in [2.45, 2.75) is 20.3 Å². The van der Waals surface area contributed by atoms with Gasteiger partial charge in [-0.25, -0.2) is 0 Å². The van der Waals surface area contributed by atoms with Crippen LogP contribution < -0.4 is 21.1 Å². The van der Waals surface area contributed by atoms with Crippen molar-refractivity contribution in [1.82, 2.24) is 0 Å². The molecule has 0 fully saturated rings. The minimum atomic E-state index is -0.375. The number of hydrogen-bond acceptors (Lipinski definition) is 4. The van der Waals surface area contributed by atoms with Gasteiger partial charge in [-0.1, -0.05) is 25.4 Å². The number of hydrogen-bond donors (Lipinski definition) is 3. The lowest BCUT2D eigenvalue weighted by Crippen LogP contribution is -2.15. The van der Waals surface area contributed by atoms with E-state index in [1.165, 1.54) is 19.2 Å². The fraction of sp³-hybridized carbons (Fsp3) is 0.263. The van der Waals surface area contributed by atoms with Crippen LogP contribution in [-0.4, -0.2) is 18.9 Å². The van der Waals surface area contributed by atoms with E-state index in [1.54, 1.807) is 24.3 Å². The molecular formula is C19H22ClN3O3. The summed E-state index contributed by atoms with van der Waals surface area (Å²) in [5, 5.41) is 5.85. The van der Waals surface area contributed by atoms with E-state index in [4.69, 9.17) is 22.1 Å². The maximum absolute atomic E-state index is 12.5. The first-order valence-corrected chi connectivity index (χ1v) is 8.52. The van der Waals surface area contributed by atoms with Gasteiger partial charge in [-0.2, -0.15) is 0 Å². The van der Waals surface area contributed by atoms with Gasteiger partial charge in [0.2, 0.25) is 5.91 Å². The van der Waals surface area contributed by atoms with E-state index in [0.29, 0.717) is 29.2 Å². The molecule has 138 valence electrons. The molecule has 0 saturated heterocycles. The Hall–Kier alpha value is -2.73. The number of rotatable bonds is 6. The van der Waals surface area contributed by atoms with E-state index >= 15 is 0 Å². The number of carbonyl (C=O) groups is 2. The Morgan fingerprint density at radius 1 is 1.12 bits per heavy atom. The Morgan fingerprint density at radius 3 is 2.23 bits per heavy atom. The fourth-order valence-electron chi connectivity index (χ4n) is 2.33. The van der Waals surface area contributed by atoms with Gasteiger partial charge >= 0.3 is 0 Å². The largest absolute Gasteiger partial charge is 0.496 e. The van der Waals surface area contributed by atoms with E-state index in [-0.39, 0.29) is 28.3 Å². The molecule has 6 nitrogen and oxygen atoms in total. The topological polar surface area (TPSA) is 93.4 Å². The van der Waals surface area contributed by atoms with E-state index in [1.807, 2.05) is 13.8 Å². The number of carbonyl (C=O) groups excluding carboxylic acids is 2. The number of amides is 2. The van der Waals surface area contributed by atoms with Gasteiger partial charge in [0.05, 0.1) is 23.4 Å². The summed E-state index contributed by atoms with van der Waals surface area (Å²) in [6.07, 6.45) is 0.455. The first-order valence-electron chi connectivity index (χ1n) is 8.14. The Bertz CT molecular complexity index is 804. The molecular weight excluding hydrogens is 354 g/mol. The van der Waals surface area contributed by atoms with Crippen LogP contribution in [0.2, 0.25) is 5.02 Å². The van der Waals surface area contributed by atoms with Crippen molar-refractivity contribution in [2.24, 2.45) is 5.92 Å². The number of nitrogens with one attached hydrogen (secondary N) is 2. The zero-order chi connectivity index (χ0) is 19.3. The van der Waals surface area contributed by atoms with Crippen LogP contribution >= 0.6 is 11.6 Å². The summed E-state index contributed by atoms with van der Waals surface area (Å²) < 4.78 is 5.19. The van der Waals surface area contributed by atoms with Crippen LogP contribution in [0.4, 0.5) is 17.1 Å². The second kappa shape index (κ2) is 8.58. The second-order valence-electron chi connectivity index (χ2n) is 6.25. The van der Waals surface area contributed by atoms with Crippen molar-refractivity contribution in [3.05, 3.63) is 47.0 Å². The zero-order valence-corrected chi connectivity index (χ0v) is 15.7. The molecule has 26 heavy (non-hydrogen) atoms. The summed E-state index contributed by atoms with van der Waals surface area (Å²) >= 11 is 5.99. The molecule has 0 aliphatic carbocycles. The lowest BCUT2D eigenvalue weighted by molar-refractivity contribution is -0.116. The van der Waals surface area contributed by atoms with Gasteiger partial charge in [0.1, 0.15) is 5.75 Å². The first-order chi connectivity index (χ1) is 12.3. The van der Waals surface area contributed by atoms with E-state index in [0.717, 1.165) is 0 Å². The average molecular weight is 376 g/mol. The quantitative estimate of drug-likeness (QED) is 0.660. The van der Waals surface area contributed by atoms with Crippen molar-refractivity contribution < 1.29 is 14.3 Å². The van der Waals surface area contributed by atoms with Crippen LogP contribution in [0.1, 0.15) is 30.6 Å². The van der Waals surface area contributed by atoms with Crippen LogP contribution in [0.5, 0.6) is 5.75 Å². The highest BCUT2D eigenvalue weighted by atomic mass is 35.5. The Balaban J connectivity index is 2.08. The lowest BCUT2D eigenvalue weighted by Gasteiger charge is -2.12. The lowest BCUT2D eigenvalue weighted by atomic mass is 10.1. The Labute approximate surface area is 157 Å². The van der Waals surface area contributed by atoms with Gasteiger partial charge < -0.3 is 21.1 Å². The van der Waals surface area contributed by atoms with E-state index in [2.05, 4.69) is 10.6 Å². The summed E-state index contributed by atoms with van der Waals surface area (Å²) in [7, 11) is 1.45. The number of anilines is 3. The predicted octanol–water partition coefficient (Wildman–Crippen LogP) is 4.17. The minimum absolute atomic E-state index is 0.0435. The molecule has 0 spiro atoms. The molecule has 0 radical (unpaired) electrons. The zero-order valence-electron chi connectivity index (χ0n) is 14.9. The van der Waals surface area contributed by atoms with E-state index < -0.39 is 0 Å². The highest BCUT2D eigenvalue weighted by Gasteiger charge is 2.15. The normalized spacial score (nSPS) is 10.5. The second-order valence-corrected chi connectivity index (χ2v) is 6.66. The highest BCUT2D eigenvalue weighted by molar-refractivity contribution is 6.33. The van der Waals surface area contributed by atoms with Gasteiger partial charge in [0.15, 0.2) is 0 Å². The molecule has 2 rings (SSSR count). The molecule has 0 saturated carbocycles. The molecule has 0 aliphatic rings. The smallest absolute Gasteiger partial charge is 0.259 e. The van der Waals surface area contributed by atoms with E-state index in [9.17, 15) is 9.59 Å². The molecule has 0 aromatic heterocycles. The van der Waals surface area contributed by atoms with Crippen molar-refractivity contribution in [3.63, 3.8) is 0 Å². The Kier molecular flexibility index (Phi) is 6.46. The van der Waals surface area contributed by atoms with Gasteiger partial charge in [-0.15, -0.1) is 0 Å². The van der Waals surface area contributed by atoms with Crippen molar-refractivity contribution in [3.8, 4) is 5.75 Å². The van der Waals surface area contributed by atoms with Crippen molar-refractivity contribution in [1.29, 1.82) is 0 Å². The summed E-state index contributed by atoms with van der Waals surface area (Å²) in [5.41, 5.74) is 7.58. The third-order valence-electron chi connectivity index (χ3n) is 3.58. The number of halogens is 1. The standard InChI is InChI=1S/C19H22ClN3O3/c1-11(2)8-18(24)22-12-4-6-13(7-5-12)23-19(25)14-9-15(20)16(21)10-17(14)26-3/h4-7,9-11H,8,21H2,1-3H3,(H,22,24)(H,23,25). The molecule has 0 atom stereocenters. The average Bonchev–Trinajstić information content (AvgIpc) is 2.57. The third kappa shape index (κ3) is 5.13. The number of nitrogen functional groups attached to an aromatic ring is 1. The molecule has 2 aromatic rings. The van der Waals surface area contributed by atoms with Gasteiger partial charge in [-0.05, 0) is 36.2 Å². The highest BCUT2D eigenvalue weighted by Crippen LogP contribution is 2.29. The molecule has 2 amide bonds. The fourth-order valence-corrected chi connectivity index (χ4v) is 2.50. The SMILES string of the molecule is COc1cc(N)c(Cl)cc1C(=O)Nc1ccc(NC(=O)CC(C)C)cc1. The summed E-state index contributed by atoms with van der Waals surface area (Å²) in [4.78, 5) is 24.3. The Morgan fingerprint density at radius 2 is 1.69 bits per heavy atom. The van der Waals surface area contributed by atoms with Crippen molar-refractivity contribution >= 4 is 40.5 Å².